The van der Waals surface area contributed by atoms with Gasteiger partial charge >= 0.3 is 0 Å². The minimum absolute atomic E-state index is 0.108. The second-order valence-electron chi connectivity index (χ2n) is 3.69. The van der Waals surface area contributed by atoms with Crippen LogP contribution in [0.2, 0.25) is 0 Å². The zero-order valence-corrected chi connectivity index (χ0v) is 10.3. The normalized spacial score (nSPS) is 12.8. The standard InChI is InChI=1S/C11H18N2OS/c1-4-11(14)12-7-10(13(2)3)9-5-6-15-8-9/h5-6,8,10H,4,7H2,1-3H3,(H,12,14). The van der Waals surface area contributed by atoms with Crippen LogP contribution in [0.15, 0.2) is 16.8 Å². The number of carbonyl (C=O) groups is 1. The highest BCUT2D eigenvalue weighted by Crippen LogP contribution is 2.19. The van der Waals surface area contributed by atoms with Crippen LogP contribution in [0.1, 0.15) is 24.9 Å². The highest BCUT2D eigenvalue weighted by Gasteiger charge is 2.14. The molecule has 0 fully saturated rings. The molecule has 0 aliphatic carbocycles. The molecule has 1 aromatic heterocycles. The van der Waals surface area contributed by atoms with Gasteiger partial charge in [-0.05, 0) is 36.5 Å². The Morgan fingerprint density at radius 2 is 2.33 bits per heavy atom. The Morgan fingerprint density at radius 1 is 1.60 bits per heavy atom. The van der Waals surface area contributed by atoms with Crippen LogP contribution in [-0.4, -0.2) is 31.4 Å². The summed E-state index contributed by atoms with van der Waals surface area (Å²) < 4.78 is 0. The minimum Gasteiger partial charge on any atom is -0.354 e. The molecular weight excluding hydrogens is 208 g/mol. The van der Waals surface area contributed by atoms with Gasteiger partial charge in [0, 0.05) is 13.0 Å². The van der Waals surface area contributed by atoms with Crippen molar-refractivity contribution in [3.05, 3.63) is 22.4 Å². The van der Waals surface area contributed by atoms with Gasteiger partial charge in [-0.3, -0.25) is 4.79 Å². The van der Waals surface area contributed by atoms with Crippen LogP contribution in [0.3, 0.4) is 0 Å². The van der Waals surface area contributed by atoms with Gasteiger partial charge in [-0.25, -0.2) is 0 Å². The molecule has 1 unspecified atom stereocenters. The number of carbonyl (C=O) groups excluding carboxylic acids is 1. The maximum absolute atomic E-state index is 11.2. The van der Waals surface area contributed by atoms with Crippen molar-refractivity contribution < 1.29 is 4.79 Å². The van der Waals surface area contributed by atoms with Gasteiger partial charge in [0.2, 0.25) is 5.91 Å². The topological polar surface area (TPSA) is 32.3 Å². The number of likely N-dealkylation sites (N-methyl/N-ethyl adjacent to an activating group) is 1. The molecule has 0 radical (unpaired) electrons. The van der Waals surface area contributed by atoms with E-state index in [0.29, 0.717) is 13.0 Å². The molecule has 1 amide bonds. The van der Waals surface area contributed by atoms with Gasteiger partial charge in [-0.2, -0.15) is 11.3 Å². The molecule has 0 saturated heterocycles. The lowest BCUT2D eigenvalue weighted by Crippen LogP contribution is -2.33. The van der Waals surface area contributed by atoms with Crippen molar-refractivity contribution >= 4 is 17.2 Å². The lowest BCUT2D eigenvalue weighted by molar-refractivity contribution is -0.121. The molecular formula is C11H18N2OS. The van der Waals surface area contributed by atoms with Gasteiger partial charge in [-0.15, -0.1) is 0 Å². The highest BCUT2D eigenvalue weighted by atomic mass is 32.1. The van der Waals surface area contributed by atoms with Crippen LogP contribution in [-0.2, 0) is 4.79 Å². The second kappa shape index (κ2) is 5.88. The first-order chi connectivity index (χ1) is 7.15. The van der Waals surface area contributed by atoms with Crippen LogP contribution in [0.5, 0.6) is 0 Å². The zero-order chi connectivity index (χ0) is 11.3. The van der Waals surface area contributed by atoms with Crippen LogP contribution >= 0.6 is 11.3 Å². The fourth-order valence-corrected chi connectivity index (χ4v) is 2.11. The van der Waals surface area contributed by atoms with Gasteiger partial charge in [0.15, 0.2) is 0 Å². The summed E-state index contributed by atoms with van der Waals surface area (Å²) in [5.41, 5.74) is 1.27. The monoisotopic (exact) mass is 226 g/mol. The number of rotatable bonds is 5. The molecule has 15 heavy (non-hydrogen) atoms. The summed E-state index contributed by atoms with van der Waals surface area (Å²) in [5, 5.41) is 7.12. The molecule has 0 aromatic carbocycles. The Labute approximate surface area is 95.1 Å². The fourth-order valence-electron chi connectivity index (χ4n) is 1.40. The summed E-state index contributed by atoms with van der Waals surface area (Å²) in [6.45, 7) is 2.54. The summed E-state index contributed by atoms with van der Waals surface area (Å²) in [5.74, 6) is 0.108. The Morgan fingerprint density at radius 3 is 2.80 bits per heavy atom. The van der Waals surface area contributed by atoms with Crippen molar-refractivity contribution in [1.82, 2.24) is 10.2 Å². The maximum atomic E-state index is 11.2. The first kappa shape index (κ1) is 12.2. The van der Waals surface area contributed by atoms with Crippen LogP contribution in [0.4, 0.5) is 0 Å². The number of nitrogens with zero attached hydrogens (tertiary/aromatic N) is 1. The molecule has 1 atom stereocenters. The van der Waals surface area contributed by atoms with E-state index in [1.165, 1.54) is 5.56 Å². The predicted molar refractivity (Wildman–Crippen MR) is 64.0 cm³/mol. The molecule has 1 N–H and O–H groups in total. The third-order valence-corrected chi connectivity index (χ3v) is 3.07. The molecule has 84 valence electrons. The van der Waals surface area contributed by atoms with E-state index in [-0.39, 0.29) is 11.9 Å². The SMILES string of the molecule is CCC(=O)NCC(c1ccsc1)N(C)C. The molecule has 4 heteroatoms. The molecule has 0 aliphatic heterocycles. The van der Waals surface area contributed by atoms with E-state index in [4.69, 9.17) is 0 Å². The fraction of sp³-hybridized carbons (Fsp3) is 0.545. The molecule has 3 nitrogen and oxygen atoms in total. The summed E-state index contributed by atoms with van der Waals surface area (Å²) >= 11 is 1.69. The lowest BCUT2D eigenvalue weighted by Gasteiger charge is -2.23. The number of thiophene rings is 1. The Kier molecular flexibility index (Phi) is 4.78. The van der Waals surface area contributed by atoms with Crippen molar-refractivity contribution in [3.8, 4) is 0 Å². The van der Waals surface area contributed by atoms with Crippen LogP contribution in [0, 0.1) is 0 Å². The van der Waals surface area contributed by atoms with E-state index in [2.05, 4.69) is 27.0 Å². The average molecular weight is 226 g/mol. The van der Waals surface area contributed by atoms with Crippen molar-refractivity contribution in [2.45, 2.75) is 19.4 Å². The van der Waals surface area contributed by atoms with Gasteiger partial charge < -0.3 is 10.2 Å². The van der Waals surface area contributed by atoms with E-state index in [1.54, 1.807) is 11.3 Å². The molecule has 0 aliphatic rings. The molecule has 1 aromatic rings. The first-order valence-electron chi connectivity index (χ1n) is 5.10. The summed E-state index contributed by atoms with van der Waals surface area (Å²) in [4.78, 5) is 13.3. The van der Waals surface area contributed by atoms with Crippen molar-refractivity contribution in [1.29, 1.82) is 0 Å². The Bertz CT molecular complexity index is 296. The van der Waals surface area contributed by atoms with Crippen molar-refractivity contribution in [3.63, 3.8) is 0 Å². The maximum Gasteiger partial charge on any atom is 0.219 e. The third kappa shape index (κ3) is 3.64. The Hall–Kier alpha value is -0.870. The molecule has 0 spiro atoms. The average Bonchev–Trinajstić information content (AvgIpc) is 2.70. The largest absolute Gasteiger partial charge is 0.354 e. The van der Waals surface area contributed by atoms with Crippen LogP contribution < -0.4 is 5.32 Å². The van der Waals surface area contributed by atoms with Crippen molar-refractivity contribution in [2.24, 2.45) is 0 Å². The van der Waals surface area contributed by atoms with Crippen molar-refractivity contribution in [2.75, 3.05) is 20.6 Å². The van der Waals surface area contributed by atoms with E-state index >= 15 is 0 Å². The molecule has 0 bridgehead atoms. The third-order valence-electron chi connectivity index (χ3n) is 2.36. The van der Waals surface area contributed by atoms with E-state index in [9.17, 15) is 4.79 Å². The zero-order valence-electron chi connectivity index (χ0n) is 9.49. The predicted octanol–water partition coefficient (Wildman–Crippen LogP) is 1.88. The first-order valence-corrected chi connectivity index (χ1v) is 6.04. The Balaban J connectivity index is 2.56. The van der Waals surface area contributed by atoms with Crippen LogP contribution in [0.25, 0.3) is 0 Å². The second-order valence-corrected chi connectivity index (χ2v) is 4.47. The molecule has 1 rings (SSSR count). The smallest absolute Gasteiger partial charge is 0.219 e. The van der Waals surface area contributed by atoms with Gasteiger partial charge in [0.1, 0.15) is 0 Å². The van der Waals surface area contributed by atoms with E-state index < -0.39 is 0 Å². The summed E-state index contributed by atoms with van der Waals surface area (Å²) in [6.07, 6.45) is 0.545. The number of hydrogen-bond acceptors (Lipinski definition) is 3. The lowest BCUT2D eigenvalue weighted by atomic mass is 10.1. The molecule has 1 heterocycles. The van der Waals surface area contributed by atoms with Gasteiger partial charge in [0.25, 0.3) is 0 Å². The quantitative estimate of drug-likeness (QED) is 0.831. The van der Waals surface area contributed by atoms with E-state index in [1.807, 2.05) is 21.0 Å². The van der Waals surface area contributed by atoms with Gasteiger partial charge in [0.05, 0.1) is 6.04 Å². The highest BCUT2D eigenvalue weighted by molar-refractivity contribution is 7.07. The molecule has 0 saturated carbocycles. The number of amides is 1. The van der Waals surface area contributed by atoms with E-state index in [0.717, 1.165) is 0 Å². The van der Waals surface area contributed by atoms with Gasteiger partial charge in [-0.1, -0.05) is 6.92 Å². The number of hydrogen-bond donors (Lipinski definition) is 1. The number of nitrogens with one attached hydrogen (secondary N) is 1. The summed E-state index contributed by atoms with van der Waals surface area (Å²) in [6, 6.07) is 2.37. The summed E-state index contributed by atoms with van der Waals surface area (Å²) in [7, 11) is 4.06. The minimum atomic E-state index is 0.108.